The third-order valence-corrected chi connectivity index (χ3v) is 3.44. The maximum absolute atomic E-state index is 6.23. The molecule has 6 heteroatoms. The number of aromatic nitrogens is 3. The molecule has 0 bridgehead atoms. The summed E-state index contributed by atoms with van der Waals surface area (Å²) in [5, 5.41) is 9.18. The largest absolute Gasteiger partial charge is 0.399 e. The van der Waals surface area contributed by atoms with Crippen molar-refractivity contribution in [2.24, 2.45) is 0 Å². The van der Waals surface area contributed by atoms with Gasteiger partial charge in [0, 0.05) is 16.3 Å². The summed E-state index contributed by atoms with van der Waals surface area (Å²) in [6.07, 6.45) is 1.66. The fourth-order valence-corrected chi connectivity index (χ4v) is 2.43. The zero-order chi connectivity index (χ0) is 14.1. The minimum Gasteiger partial charge on any atom is -0.399 e. The summed E-state index contributed by atoms with van der Waals surface area (Å²) < 4.78 is 1.70. The molecule has 0 unspecified atom stereocenters. The van der Waals surface area contributed by atoms with E-state index in [0.29, 0.717) is 15.7 Å². The molecule has 0 radical (unpaired) electrons. The minimum atomic E-state index is 0.552. The van der Waals surface area contributed by atoms with Gasteiger partial charge >= 0.3 is 0 Å². The highest BCUT2D eigenvalue weighted by Gasteiger charge is 2.12. The van der Waals surface area contributed by atoms with E-state index < -0.39 is 0 Å². The van der Waals surface area contributed by atoms with Crippen molar-refractivity contribution in [3.63, 3.8) is 0 Å². The predicted octanol–water partition coefficient (Wildman–Crippen LogP) is 3.82. The molecule has 100 valence electrons. The predicted molar refractivity (Wildman–Crippen MR) is 81.2 cm³/mol. The summed E-state index contributed by atoms with van der Waals surface area (Å²) in [7, 11) is 0. The Balaban J connectivity index is 2.12. The molecule has 1 aromatic heterocycles. The maximum atomic E-state index is 6.23. The third kappa shape index (κ3) is 2.35. The normalized spacial score (nSPS) is 10.7. The molecule has 0 aliphatic carbocycles. The summed E-state index contributed by atoms with van der Waals surface area (Å²) in [4.78, 5) is 0. The second-order valence-electron chi connectivity index (χ2n) is 4.25. The number of halogens is 2. The van der Waals surface area contributed by atoms with Crippen molar-refractivity contribution in [1.29, 1.82) is 0 Å². The van der Waals surface area contributed by atoms with Gasteiger partial charge in [0.2, 0.25) is 0 Å². The van der Waals surface area contributed by atoms with Gasteiger partial charge in [-0.2, -0.15) is 0 Å². The van der Waals surface area contributed by atoms with Crippen LogP contribution in [0.1, 0.15) is 0 Å². The Morgan fingerprint density at radius 1 is 1.00 bits per heavy atom. The number of anilines is 1. The van der Waals surface area contributed by atoms with Crippen LogP contribution in [0.4, 0.5) is 5.69 Å². The van der Waals surface area contributed by atoms with Crippen LogP contribution < -0.4 is 5.73 Å². The zero-order valence-corrected chi connectivity index (χ0v) is 11.8. The van der Waals surface area contributed by atoms with Crippen molar-refractivity contribution in [2.75, 3.05) is 5.73 Å². The standard InChI is InChI=1S/C14H10Cl2N4/c15-9-1-6-12(13(16)7-9)14-8-18-19-20(14)11-4-2-10(17)3-5-11/h1-8H,17H2. The van der Waals surface area contributed by atoms with Crippen LogP contribution in [0.2, 0.25) is 10.0 Å². The number of nitrogen functional groups attached to an aromatic ring is 1. The van der Waals surface area contributed by atoms with Crippen LogP contribution in [0, 0.1) is 0 Å². The molecular weight excluding hydrogens is 295 g/mol. The Bertz CT molecular complexity index is 750. The van der Waals surface area contributed by atoms with Crippen LogP contribution in [0.5, 0.6) is 0 Å². The third-order valence-electron chi connectivity index (χ3n) is 2.89. The quantitative estimate of drug-likeness (QED) is 0.732. The fraction of sp³-hybridized carbons (Fsp3) is 0. The van der Waals surface area contributed by atoms with Crippen LogP contribution in [-0.2, 0) is 0 Å². The number of hydrogen-bond acceptors (Lipinski definition) is 3. The van der Waals surface area contributed by atoms with Gasteiger partial charge in [-0.05, 0) is 42.5 Å². The van der Waals surface area contributed by atoms with Gasteiger partial charge in [0.25, 0.3) is 0 Å². The number of benzene rings is 2. The van der Waals surface area contributed by atoms with Crippen molar-refractivity contribution in [3.05, 3.63) is 58.7 Å². The molecule has 0 fully saturated rings. The Morgan fingerprint density at radius 3 is 2.45 bits per heavy atom. The number of rotatable bonds is 2. The van der Waals surface area contributed by atoms with Crippen molar-refractivity contribution in [1.82, 2.24) is 15.0 Å². The first kappa shape index (κ1) is 13.0. The number of hydrogen-bond donors (Lipinski definition) is 1. The van der Waals surface area contributed by atoms with E-state index in [-0.39, 0.29) is 0 Å². The monoisotopic (exact) mass is 304 g/mol. The van der Waals surface area contributed by atoms with E-state index >= 15 is 0 Å². The molecule has 4 nitrogen and oxygen atoms in total. The Morgan fingerprint density at radius 2 is 1.75 bits per heavy atom. The van der Waals surface area contributed by atoms with Crippen LogP contribution in [-0.4, -0.2) is 15.0 Å². The molecule has 0 saturated heterocycles. The molecule has 2 aromatic carbocycles. The van der Waals surface area contributed by atoms with E-state index in [0.717, 1.165) is 16.9 Å². The Hall–Kier alpha value is -2.04. The lowest BCUT2D eigenvalue weighted by molar-refractivity contribution is 0.808. The lowest BCUT2D eigenvalue weighted by Gasteiger charge is -2.08. The molecule has 3 aromatic rings. The van der Waals surface area contributed by atoms with Crippen LogP contribution in [0.25, 0.3) is 16.9 Å². The van der Waals surface area contributed by atoms with Crippen molar-refractivity contribution >= 4 is 28.9 Å². The first-order chi connectivity index (χ1) is 9.65. The molecule has 0 saturated carbocycles. The molecule has 0 aliphatic rings. The second kappa shape index (κ2) is 5.15. The molecule has 1 heterocycles. The van der Waals surface area contributed by atoms with Gasteiger partial charge < -0.3 is 5.73 Å². The summed E-state index contributed by atoms with van der Waals surface area (Å²) >= 11 is 12.1. The lowest BCUT2D eigenvalue weighted by atomic mass is 10.1. The molecule has 0 amide bonds. The molecule has 20 heavy (non-hydrogen) atoms. The summed E-state index contributed by atoms with van der Waals surface area (Å²) in [6, 6.07) is 12.7. The van der Waals surface area contributed by atoms with Crippen molar-refractivity contribution < 1.29 is 0 Å². The van der Waals surface area contributed by atoms with E-state index in [1.54, 1.807) is 23.0 Å². The molecule has 0 aliphatic heterocycles. The highest BCUT2D eigenvalue weighted by atomic mass is 35.5. The molecule has 0 spiro atoms. The maximum Gasteiger partial charge on any atom is 0.0959 e. The number of nitrogens with zero attached hydrogens (tertiary/aromatic N) is 3. The second-order valence-corrected chi connectivity index (χ2v) is 5.09. The topological polar surface area (TPSA) is 56.7 Å². The van der Waals surface area contributed by atoms with E-state index in [2.05, 4.69) is 10.3 Å². The zero-order valence-electron chi connectivity index (χ0n) is 10.3. The van der Waals surface area contributed by atoms with E-state index in [9.17, 15) is 0 Å². The van der Waals surface area contributed by atoms with Gasteiger partial charge in [-0.3, -0.25) is 0 Å². The molecule has 3 rings (SSSR count). The van der Waals surface area contributed by atoms with Gasteiger partial charge in [0.1, 0.15) is 0 Å². The van der Waals surface area contributed by atoms with Crippen LogP contribution in [0.3, 0.4) is 0 Å². The molecular formula is C14H10Cl2N4. The van der Waals surface area contributed by atoms with Gasteiger partial charge in [-0.15, -0.1) is 5.10 Å². The Kier molecular flexibility index (Phi) is 3.34. The van der Waals surface area contributed by atoms with Gasteiger partial charge in [-0.1, -0.05) is 28.4 Å². The average molecular weight is 305 g/mol. The first-order valence-corrected chi connectivity index (χ1v) is 6.63. The van der Waals surface area contributed by atoms with Crippen molar-refractivity contribution in [2.45, 2.75) is 0 Å². The molecule has 0 atom stereocenters. The van der Waals surface area contributed by atoms with E-state index in [4.69, 9.17) is 28.9 Å². The summed E-state index contributed by atoms with van der Waals surface area (Å²) in [5.41, 5.74) is 8.85. The van der Waals surface area contributed by atoms with Crippen LogP contribution in [0.15, 0.2) is 48.7 Å². The van der Waals surface area contributed by atoms with Gasteiger partial charge in [0.05, 0.1) is 22.6 Å². The van der Waals surface area contributed by atoms with Crippen LogP contribution >= 0.6 is 23.2 Å². The summed E-state index contributed by atoms with van der Waals surface area (Å²) in [6.45, 7) is 0. The summed E-state index contributed by atoms with van der Waals surface area (Å²) in [5.74, 6) is 0. The number of nitrogens with two attached hydrogens (primary N) is 1. The highest BCUT2D eigenvalue weighted by molar-refractivity contribution is 6.36. The molecule has 2 N–H and O–H groups in total. The van der Waals surface area contributed by atoms with Gasteiger partial charge in [-0.25, -0.2) is 4.68 Å². The average Bonchev–Trinajstić information content (AvgIpc) is 2.88. The smallest absolute Gasteiger partial charge is 0.0959 e. The fourth-order valence-electron chi connectivity index (χ4n) is 1.92. The minimum absolute atomic E-state index is 0.552. The Labute approximate surface area is 125 Å². The SMILES string of the molecule is Nc1ccc(-n2nncc2-c2ccc(Cl)cc2Cl)cc1. The van der Waals surface area contributed by atoms with Gasteiger partial charge in [0.15, 0.2) is 0 Å². The van der Waals surface area contributed by atoms with Crippen molar-refractivity contribution in [3.8, 4) is 16.9 Å². The first-order valence-electron chi connectivity index (χ1n) is 5.87. The highest BCUT2D eigenvalue weighted by Crippen LogP contribution is 2.30. The van der Waals surface area contributed by atoms with E-state index in [1.807, 2.05) is 30.3 Å². The lowest BCUT2D eigenvalue weighted by Crippen LogP contribution is -2.00. The van der Waals surface area contributed by atoms with E-state index in [1.165, 1.54) is 0 Å².